The average molecular weight is 377 g/mol. The van der Waals surface area contributed by atoms with Crippen molar-refractivity contribution in [3.8, 4) is 17.2 Å². The zero-order chi connectivity index (χ0) is 17.9. The number of hydrogen-bond acceptors (Lipinski definition) is 5. The highest BCUT2D eigenvalue weighted by Crippen LogP contribution is 2.38. The highest BCUT2D eigenvalue weighted by atomic mass is 32.2. The zero-order valence-electron chi connectivity index (χ0n) is 13.5. The third-order valence-electron chi connectivity index (χ3n) is 3.92. The molecule has 0 saturated heterocycles. The summed E-state index contributed by atoms with van der Waals surface area (Å²) < 4.78 is 13.2. The third kappa shape index (κ3) is 3.32. The van der Waals surface area contributed by atoms with E-state index in [4.69, 9.17) is 5.26 Å². The lowest BCUT2D eigenvalue weighted by Gasteiger charge is -2.06. The molecule has 0 fully saturated rings. The van der Waals surface area contributed by atoms with Crippen LogP contribution in [0.1, 0.15) is 11.1 Å². The second kappa shape index (κ2) is 7.24. The van der Waals surface area contributed by atoms with E-state index in [1.165, 1.54) is 12.1 Å². The van der Waals surface area contributed by atoms with Crippen molar-refractivity contribution in [2.45, 2.75) is 10.8 Å². The highest BCUT2D eigenvalue weighted by Gasteiger charge is 2.14. The minimum atomic E-state index is -0.253. The van der Waals surface area contributed by atoms with Gasteiger partial charge in [-0.1, -0.05) is 24.3 Å². The molecule has 4 aromatic rings. The number of thiophene rings is 1. The molecule has 0 atom stereocenters. The van der Waals surface area contributed by atoms with Gasteiger partial charge in [-0.2, -0.15) is 5.26 Å². The number of hydrogen-bond donors (Lipinski definition) is 0. The lowest BCUT2D eigenvalue weighted by Crippen LogP contribution is -1.88. The lowest BCUT2D eigenvalue weighted by molar-refractivity contribution is 0.628. The molecule has 3 nitrogen and oxygen atoms in total. The molecule has 0 amide bonds. The number of fused-ring (bicyclic) bond motifs is 1. The van der Waals surface area contributed by atoms with Crippen LogP contribution in [0.3, 0.4) is 0 Å². The van der Waals surface area contributed by atoms with E-state index in [0.717, 1.165) is 31.9 Å². The van der Waals surface area contributed by atoms with Crippen LogP contribution < -0.4 is 0 Å². The maximum atomic E-state index is 13.2. The summed E-state index contributed by atoms with van der Waals surface area (Å²) in [5, 5.41) is 13.0. The van der Waals surface area contributed by atoms with E-state index < -0.39 is 0 Å². The molecule has 0 spiro atoms. The fourth-order valence-electron chi connectivity index (χ4n) is 2.68. The van der Waals surface area contributed by atoms with Crippen LogP contribution in [0, 0.1) is 17.1 Å². The van der Waals surface area contributed by atoms with Crippen molar-refractivity contribution in [1.82, 2.24) is 9.97 Å². The number of nitriles is 1. The molecule has 6 heteroatoms. The number of aromatic nitrogens is 2. The predicted molar refractivity (Wildman–Crippen MR) is 104 cm³/mol. The Balaban J connectivity index is 1.70. The first-order valence-electron chi connectivity index (χ1n) is 7.84. The van der Waals surface area contributed by atoms with Crippen molar-refractivity contribution in [1.29, 1.82) is 5.26 Å². The second-order valence-corrected chi connectivity index (χ2v) is 7.44. The van der Waals surface area contributed by atoms with Crippen molar-refractivity contribution < 1.29 is 4.39 Å². The van der Waals surface area contributed by atoms with Crippen LogP contribution in [0.5, 0.6) is 0 Å². The Morgan fingerprint density at radius 3 is 2.77 bits per heavy atom. The fraction of sp³-hybridized carbons (Fsp3) is 0.0500. The molecular weight excluding hydrogens is 365 g/mol. The number of rotatable bonds is 4. The molecule has 0 aliphatic heterocycles. The number of halogens is 1. The summed E-state index contributed by atoms with van der Waals surface area (Å²) in [7, 11) is 0. The molecular formula is C20H12FN3S2. The Hall–Kier alpha value is -2.75. The molecule has 0 bridgehead atoms. The van der Waals surface area contributed by atoms with Crippen LogP contribution in [-0.4, -0.2) is 9.97 Å². The summed E-state index contributed by atoms with van der Waals surface area (Å²) in [5.74, 6) is 0.455. The molecule has 0 aliphatic carbocycles. The van der Waals surface area contributed by atoms with Crippen molar-refractivity contribution in [2.75, 3.05) is 0 Å². The van der Waals surface area contributed by atoms with Gasteiger partial charge < -0.3 is 0 Å². The SMILES string of the molecule is N#Cc1cccc(CSc2ncnc3scc(-c4ccc(F)cc4)c23)c1. The highest BCUT2D eigenvalue weighted by molar-refractivity contribution is 7.98. The third-order valence-corrected chi connectivity index (χ3v) is 5.87. The fourth-order valence-corrected chi connectivity index (χ4v) is 4.62. The van der Waals surface area contributed by atoms with Gasteiger partial charge in [0.2, 0.25) is 0 Å². The van der Waals surface area contributed by atoms with Gasteiger partial charge in [-0.15, -0.1) is 23.1 Å². The molecule has 26 heavy (non-hydrogen) atoms. The van der Waals surface area contributed by atoms with Crippen LogP contribution in [-0.2, 0) is 5.75 Å². The first-order chi connectivity index (χ1) is 12.7. The smallest absolute Gasteiger partial charge is 0.128 e. The van der Waals surface area contributed by atoms with Crippen molar-refractivity contribution in [3.63, 3.8) is 0 Å². The van der Waals surface area contributed by atoms with Gasteiger partial charge in [-0.05, 0) is 35.4 Å². The van der Waals surface area contributed by atoms with E-state index >= 15 is 0 Å². The Bertz CT molecular complexity index is 1110. The number of nitrogens with zero attached hydrogens (tertiary/aromatic N) is 3. The van der Waals surface area contributed by atoms with Crippen LogP contribution in [0.4, 0.5) is 4.39 Å². The van der Waals surface area contributed by atoms with Crippen molar-refractivity contribution in [3.05, 3.63) is 77.2 Å². The summed E-state index contributed by atoms with van der Waals surface area (Å²) in [6.07, 6.45) is 1.57. The van der Waals surface area contributed by atoms with E-state index in [0.29, 0.717) is 11.3 Å². The summed E-state index contributed by atoms with van der Waals surface area (Å²) in [6, 6.07) is 16.2. The first-order valence-corrected chi connectivity index (χ1v) is 9.71. The van der Waals surface area contributed by atoms with Gasteiger partial charge in [0.15, 0.2) is 0 Å². The van der Waals surface area contributed by atoms with Gasteiger partial charge in [0.25, 0.3) is 0 Å². The number of benzene rings is 2. The monoisotopic (exact) mass is 377 g/mol. The Kier molecular flexibility index (Phi) is 4.65. The Morgan fingerprint density at radius 1 is 1.12 bits per heavy atom. The average Bonchev–Trinajstić information content (AvgIpc) is 3.12. The standard InChI is InChI=1S/C20H12FN3S2/c21-16-6-4-15(5-7-16)17-11-26-20-18(17)19(23-12-24-20)25-10-14-3-1-2-13(8-14)9-22/h1-8,11-12H,10H2. The Labute approximate surface area is 158 Å². The van der Waals surface area contributed by atoms with Gasteiger partial charge in [0, 0.05) is 16.7 Å². The molecule has 2 aromatic heterocycles. The van der Waals surface area contributed by atoms with Gasteiger partial charge in [-0.3, -0.25) is 0 Å². The minimum absolute atomic E-state index is 0.253. The molecule has 2 heterocycles. The summed E-state index contributed by atoms with van der Waals surface area (Å²) in [4.78, 5) is 9.73. The molecule has 0 unspecified atom stereocenters. The largest absolute Gasteiger partial charge is 0.229 e. The molecule has 4 rings (SSSR count). The molecule has 126 valence electrons. The van der Waals surface area contributed by atoms with Crippen molar-refractivity contribution >= 4 is 33.3 Å². The van der Waals surface area contributed by atoms with E-state index in [9.17, 15) is 4.39 Å². The van der Waals surface area contributed by atoms with Crippen LogP contribution in [0.15, 0.2) is 65.3 Å². The van der Waals surface area contributed by atoms with Gasteiger partial charge in [0.1, 0.15) is 22.0 Å². The van der Waals surface area contributed by atoms with Gasteiger partial charge >= 0.3 is 0 Å². The van der Waals surface area contributed by atoms with Crippen LogP contribution in [0.25, 0.3) is 21.3 Å². The molecule has 2 aromatic carbocycles. The number of thioether (sulfide) groups is 1. The lowest BCUT2D eigenvalue weighted by atomic mass is 10.1. The molecule has 0 N–H and O–H groups in total. The minimum Gasteiger partial charge on any atom is -0.229 e. The quantitative estimate of drug-likeness (QED) is 0.340. The van der Waals surface area contributed by atoms with E-state index in [1.54, 1.807) is 47.6 Å². The molecule has 0 aliphatic rings. The molecule has 0 radical (unpaired) electrons. The van der Waals surface area contributed by atoms with E-state index in [1.807, 2.05) is 23.6 Å². The van der Waals surface area contributed by atoms with E-state index in [2.05, 4.69) is 16.0 Å². The maximum Gasteiger partial charge on any atom is 0.128 e. The summed E-state index contributed by atoms with van der Waals surface area (Å²) in [5.41, 5.74) is 3.68. The van der Waals surface area contributed by atoms with Gasteiger partial charge in [-0.25, -0.2) is 14.4 Å². The summed E-state index contributed by atoms with van der Waals surface area (Å²) >= 11 is 3.16. The maximum absolute atomic E-state index is 13.2. The van der Waals surface area contributed by atoms with E-state index in [-0.39, 0.29) is 5.82 Å². The predicted octanol–water partition coefficient (Wildman–Crippen LogP) is 5.66. The van der Waals surface area contributed by atoms with Crippen LogP contribution in [0.2, 0.25) is 0 Å². The second-order valence-electron chi connectivity index (χ2n) is 5.62. The van der Waals surface area contributed by atoms with Crippen molar-refractivity contribution in [2.24, 2.45) is 0 Å². The first kappa shape index (κ1) is 16.7. The zero-order valence-corrected chi connectivity index (χ0v) is 15.1. The summed E-state index contributed by atoms with van der Waals surface area (Å²) in [6.45, 7) is 0. The topological polar surface area (TPSA) is 49.6 Å². The normalized spacial score (nSPS) is 10.8. The van der Waals surface area contributed by atoms with Crippen LogP contribution >= 0.6 is 23.1 Å². The van der Waals surface area contributed by atoms with Gasteiger partial charge in [0.05, 0.1) is 17.0 Å². The Morgan fingerprint density at radius 2 is 1.96 bits per heavy atom. The molecule has 0 saturated carbocycles.